The molecule has 2 atom stereocenters. The third-order valence-corrected chi connectivity index (χ3v) is 7.76. The highest BCUT2D eigenvalue weighted by Crippen LogP contribution is 2.40. The number of hydrogen-bond donors (Lipinski definition) is 2. The van der Waals surface area contributed by atoms with Crippen LogP contribution in [-0.2, 0) is 25.8 Å². The second-order valence-electron chi connectivity index (χ2n) is 7.60. The van der Waals surface area contributed by atoms with Crippen LogP contribution in [0.3, 0.4) is 0 Å². The topological polar surface area (TPSA) is 167 Å². The van der Waals surface area contributed by atoms with E-state index in [1.54, 1.807) is 11.3 Å². The molecule has 0 radical (unpaired) electrons. The van der Waals surface area contributed by atoms with E-state index >= 15 is 0 Å². The van der Waals surface area contributed by atoms with Crippen LogP contribution in [0, 0.1) is 0 Å². The summed E-state index contributed by atoms with van der Waals surface area (Å²) in [4.78, 5) is 47.6. The van der Waals surface area contributed by atoms with Crippen molar-refractivity contribution in [3.63, 3.8) is 0 Å². The number of anilines is 1. The molecule has 35 heavy (non-hydrogen) atoms. The minimum absolute atomic E-state index is 0.0269. The van der Waals surface area contributed by atoms with Crippen molar-refractivity contribution in [2.24, 2.45) is 5.16 Å². The Balaban J connectivity index is 1.38. The number of pyridine rings is 1. The molecule has 5 rings (SSSR count). The number of nitrogens with two attached hydrogens (primary N) is 1. The number of carboxylic acid groups (broad SMARTS) is 1. The molecule has 0 aromatic carbocycles. The van der Waals surface area contributed by atoms with E-state index in [0.717, 1.165) is 16.5 Å². The lowest BCUT2D eigenvalue weighted by atomic mass is 10.0. The first-order chi connectivity index (χ1) is 16.9. The van der Waals surface area contributed by atoms with Crippen molar-refractivity contribution >= 4 is 62.8 Å². The number of oxime groups is 1. The number of amides is 2. The number of rotatable bonds is 7. The highest BCUT2D eigenvalue weighted by atomic mass is 32.2. The van der Waals surface area contributed by atoms with E-state index in [2.05, 4.69) is 15.5 Å². The predicted octanol–water partition coefficient (Wildman–Crippen LogP) is -0.786. The van der Waals surface area contributed by atoms with Gasteiger partial charge in [-0.1, -0.05) is 5.16 Å². The first kappa shape index (κ1) is 22.9. The van der Waals surface area contributed by atoms with E-state index < -0.39 is 29.2 Å². The summed E-state index contributed by atoms with van der Waals surface area (Å²) in [5.74, 6) is -2.41. The largest absolute Gasteiger partial charge is 0.543 e. The molecule has 0 bridgehead atoms. The molecule has 3 aromatic rings. The Labute approximate surface area is 206 Å². The number of nitrogen functional groups attached to an aromatic ring is 1. The van der Waals surface area contributed by atoms with E-state index in [-0.39, 0.29) is 29.7 Å². The van der Waals surface area contributed by atoms with Gasteiger partial charge < -0.3 is 30.2 Å². The molecule has 0 saturated carbocycles. The molecule has 2 aliphatic heterocycles. The van der Waals surface area contributed by atoms with Gasteiger partial charge in [-0.15, -0.1) is 23.1 Å². The lowest BCUT2D eigenvalue weighted by Gasteiger charge is -2.50. The minimum atomic E-state index is -1.44. The number of nitrogens with one attached hydrogen (secondary N) is 1. The normalized spacial score (nSPS) is 20.0. The first-order valence-corrected chi connectivity index (χ1v) is 12.2. The monoisotopic (exact) mass is 514 g/mol. The molecule has 1 unspecified atom stereocenters. The van der Waals surface area contributed by atoms with Crippen molar-refractivity contribution in [3.05, 3.63) is 53.0 Å². The number of hydrogen-bond acceptors (Lipinski definition) is 11. The second kappa shape index (κ2) is 9.03. The summed E-state index contributed by atoms with van der Waals surface area (Å²) >= 11 is 2.94. The van der Waals surface area contributed by atoms with E-state index in [4.69, 9.17) is 15.0 Å². The Morgan fingerprint density at radius 2 is 2.29 bits per heavy atom. The van der Waals surface area contributed by atoms with Gasteiger partial charge in [0.25, 0.3) is 17.8 Å². The average molecular weight is 515 g/mol. The third kappa shape index (κ3) is 4.00. The van der Waals surface area contributed by atoms with Crippen LogP contribution in [0.4, 0.5) is 6.01 Å². The van der Waals surface area contributed by atoms with E-state index in [1.807, 2.05) is 34.3 Å². The Morgan fingerprint density at radius 3 is 3.00 bits per heavy atom. The van der Waals surface area contributed by atoms with Crippen LogP contribution in [0.15, 0.2) is 56.9 Å². The van der Waals surface area contributed by atoms with Gasteiger partial charge in [-0.2, -0.15) is 9.55 Å². The molecule has 1 fully saturated rings. The van der Waals surface area contributed by atoms with Crippen LogP contribution in [0.2, 0.25) is 0 Å². The minimum Gasteiger partial charge on any atom is -0.543 e. The van der Waals surface area contributed by atoms with Crippen molar-refractivity contribution < 1.29 is 33.3 Å². The van der Waals surface area contributed by atoms with Crippen LogP contribution in [0.1, 0.15) is 5.69 Å². The van der Waals surface area contributed by atoms with Gasteiger partial charge in [-0.25, -0.2) is 0 Å². The molecule has 14 heteroatoms. The quantitative estimate of drug-likeness (QED) is 0.178. The Kier molecular flexibility index (Phi) is 5.90. The summed E-state index contributed by atoms with van der Waals surface area (Å²) in [5.41, 5.74) is 6.59. The number of nitrogens with zero attached hydrogens (tertiary/aromatic N) is 4. The van der Waals surface area contributed by atoms with Gasteiger partial charge >= 0.3 is 0 Å². The van der Waals surface area contributed by atoms with Crippen molar-refractivity contribution in [1.82, 2.24) is 15.2 Å². The van der Waals surface area contributed by atoms with Gasteiger partial charge in [-0.05, 0) is 11.4 Å². The van der Waals surface area contributed by atoms with Gasteiger partial charge in [0.2, 0.25) is 5.52 Å². The Hall–Kier alpha value is -3.91. The maximum atomic E-state index is 13.0. The van der Waals surface area contributed by atoms with Gasteiger partial charge in [0.15, 0.2) is 18.5 Å². The number of thiophene rings is 1. The fraction of sp³-hybridized carbons (Fsp3) is 0.238. The van der Waals surface area contributed by atoms with Gasteiger partial charge in [0.1, 0.15) is 30.5 Å². The van der Waals surface area contributed by atoms with Gasteiger partial charge in [-0.3, -0.25) is 14.5 Å². The number of aromatic nitrogens is 2. The number of β-lactam (4-membered cyclic amide) rings is 1. The van der Waals surface area contributed by atoms with Gasteiger partial charge in [0.05, 0.1) is 16.4 Å². The SMILES string of the molecule is CON=C(C(=O)NC1C(=O)N2C(C(=O)[O-])=C(C[n+]3cccc4sccc43)CS[C@@H]12)c1coc(N)n1. The van der Waals surface area contributed by atoms with Crippen LogP contribution in [0.25, 0.3) is 10.2 Å². The van der Waals surface area contributed by atoms with E-state index in [0.29, 0.717) is 11.3 Å². The van der Waals surface area contributed by atoms with Crippen molar-refractivity contribution in [3.8, 4) is 0 Å². The number of fused-ring (bicyclic) bond motifs is 2. The zero-order chi connectivity index (χ0) is 24.7. The van der Waals surface area contributed by atoms with Crippen LogP contribution in [-0.4, -0.2) is 57.7 Å². The standard InChI is InChI=1S/C21H18N6O6S2/c1-32-25-14(11-8-33-21(22)23-11)17(28)24-15-18(29)27-16(20(30)31)10(9-35-19(15)27)7-26-5-2-3-13-12(26)4-6-34-13/h2-6,8,15,19H,7,9H2,1H3,(H3-,22,23,24,28,30,31)/t15?,19-/m0/s1. The summed E-state index contributed by atoms with van der Waals surface area (Å²) in [6.07, 6.45) is 2.99. The fourth-order valence-electron chi connectivity index (χ4n) is 4.03. The molecule has 3 N–H and O–H groups in total. The Bertz CT molecular complexity index is 1410. The maximum Gasteiger partial charge on any atom is 0.292 e. The van der Waals surface area contributed by atoms with Crippen molar-refractivity contribution in [1.29, 1.82) is 0 Å². The van der Waals surface area contributed by atoms with Crippen LogP contribution < -0.4 is 20.7 Å². The molecule has 3 aromatic heterocycles. The van der Waals surface area contributed by atoms with Crippen LogP contribution >= 0.6 is 23.1 Å². The number of carbonyl (C=O) groups excluding carboxylic acids is 3. The number of thioether (sulfide) groups is 1. The fourth-order valence-corrected chi connectivity index (χ4v) is 6.17. The molecular weight excluding hydrogens is 496 g/mol. The summed E-state index contributed by atoms with van der Waals surface area (Å²) in [5, 5.41) is 19.7. The molecule has 12 nitrogen and oxygen atoms in total. The highest BCUT2D eigenvalue weighted by molar-refractivity contribution is 8.00. The highest BCUT2D eigenvalue weighted by Gasteiger charge is 2.53. The van der Waals surface area contributed by atoms with Crippen LogP contribution in [0.5, 0.6) is 0 Å². The summed E-state index contributed by atoms with van der Waals surface area (Å²) in [7, 11) is 1.25. The number of carbonyl (C=O) groups is 3. The zero-order valence-corrected chi connectivity index (χ0v) is 19.8. The molecule has 1 saturated heterocycles. The van der Waals surface area contributed by atoms with E-state index in [1.165, 1.54) is 23.8 Å². The summed E-state index contributed by atoms with van der Waals surface area (Å²) < 4.78 is 7.91. The number of carboxylic acids is 1. The van der Waals surface area contributed by atoms with Gasteiger partial charge in [0, 0.05) is 23.5 Å². The predicted molar refractivity (Wildman–Crippen MR) is 124 cm³/mol. The molecule has 2 amide bonds. The third-order valence-electron chi connectivity index (χ3n) is 5.55. The van der Waals surface area contributed by atoms with E-state index in [9.17, 15) is 19.5 Å². The zero-order valence-electron chi connectivity index (χ0n) is 18.2. The average Bonchev–Trinajstić information content (AvgIpc) is 3.49. The lowest BCUT2D eigenvalue weighted by molar-refractivity contribution is -0.663. The van der Waals surface area contributed by atoms with Crippen molar-refractivity contribution in [2.45, 2.75) is 18.0 Å². The molecule has 2 aliphatic rings. The number of oxazole rings is 1. The molecule has 0 aliphatic carbocycles. The smallest absolute Gasteiger partial charge is 0.292 e. The molecule has 0 spiro atoms. The summed E-state index contributed by atoms with van der Waals surface area (Å²) in [6, 6.07) is 4.69. The maximum absolute atomic E-state index is 13.0. The first-order valence-electron chi connectivity index (χ1n) is 10.3. The number of aliphatic carboxylic acids is 1. The summed E-state index contributed by atoms with van der Waals surface area (Å²) in [6.45, 7) is 0.288. The van der Waals surface area contributed by atoms with Crippen molar-refractivity contribution in [2.75, 3.05) is 18.6 Å². The Morgan fingerprint density at radius 1 is 1.46 bits per heavy atom. The molecule has 180 valence electrons. The molecular formula is C21H18N6O6S2. The lowest BCUT2D eigenvalue weighted by Crippen LogP contribution is -2.71. The molecule has 5 heterocycles. The second-order valence-corrected chi connectivity index (χ2v) is 9.65.